The molecule has 2 aromatic rings. The molecule has 27 heavy (non-hydrogen) atoms. The molecule has 0 radical (unpaired) electrons. The highest BCUT2D eigenvalue weighted by molar-refractivity contribution is 8.13. The molecular weight excluding hydrogens is 362 g/mol. The summed E-state index contributed by atoms with van der Waals surface area (Å²) >= 11 is 1.10. The second kappa shape index (κ2) is 8.13. The van der Waals surface area contributed by atoms with Crippen molar-refractivity contribution in [1.29, 1.82) is 0 Å². The summed E-state index contributed by atoms with van der Waals surface area (Å²) in [6.07, 6.45) is 0.404. The van der Waals surface area contributed by atoms with Crippen LogP contribution >= 0.6 is 11.8 Å². The molecule has 1 fully saturated rings. The van der Waals surface area contributed by atoms with Crippen LogP contribution in [0, 0.1) is 5.92 Å². The van der Waals surface area contributed by atoms with Crippen LogP contribution in [0.15, 0.2) is 42.5 Å². The van der Waals surface area contributed by atoms with E-state index in [0.29, 0.717) is 18.7 Å². The Morgan fingerprint density at radius 1 is 1.19 bits per heavy atom. The number of carboxylic acid groups (broad SMARTS) is 1. The van der Waals surface area contributed by atoms with Crippen LogP contribution in [0.3, 0.4) is 0 Å². The topological polar surface area (TPSA) is 74.7 Å². The van der Waals surface area contributed by atoms with Crippen LogP contribution in [-0.2, 0) is 14.4 Å². The summed E-state index contributed by atoms with van der Waals surface area (Å²) in [7, 11) is 0. The molecule has 1 heterocycles. The highest BCUT2D eigenvalue weighted by Gasteiger charge is 2.41. The van der Waals surface area contributed by atoms with E-state index in [9.17, 15) is 19.5 Å². The summed E-state index contributed by atoms with van der Waals surface area (Å²) < 4.78 is 0. The molecule has 3 atom stereocenters. The number of fused-ring (bicyclic) bond motifs is 1. The molecule has 6 heteroatoms. The van der Waals surface area contributed by atoms with Crippen LogP contribution in [0.2, 0.25) is 0 Å². The van der Waals surface area contributed by atoms with E-state index in [1.807, 2.05) is 42.5 Å². The van der Waals surface area contributed by atoms with Gasteiger partial charge in [-0.1, -0.05) is 61.2 Å². The molecule has 2 aromatic carbocycles. The maximum Gasteiger partial charge on any atom is 0.326 e. The quantitative estimate of drug-likeness (QED) is 0.852. The lowest BCUT2D eigenvalue weighted by molar-refractivity contribution is -0.149. The third-order valence-electron chi connectivity index (χ3n) is 5.09. The second-order valence-electron chi connectivity index (χ2n) is 7.05. The summed E-state index contributed by atoms with van der Waals surface area (Å²) in [6, 6.07) is 13.2. The smallest absolute Gasteiger partial charge is 0.326 e. The van der Waals surface area contributed by atoms with E-state index >= 15 is 0 Å². The van der Waals surface area contributed by atoms with Gasteiger partial charge >= 0.3 is 5.97 Å². The number of likely N-dealkylation sites (tertiary alicyclic amines) is 1. The van der Waals surface area contributed by atoms with Crippen molar-refractivity contribution in [1.82, 2.24) is 4.90 Å². The molecule has 1 aliphatic rings. The van der Waals surface area contributed by atoms with Gasteiger partial charge in [0.05, 0.1) is 0 Å². The van der Waals surface area contributed by atoms with Gasteiger partial charge in [-0.3, -0.25) is 9.59 Å². The summed E-state index contributed by atoms with van der Waals surface area (Å²) in [6.45, 7) is 3.61. The minimum Gasteiger partial charge on any atom is -0.480 e. The molecule has 0 saturated carbocycles. The van der Waals surface area contributed by atoms with Gasteiger partial charge in [0.1, 0.15) is 6.04 Å². The van der Waals surface area contributed by atoms with Gasteiger partial charge in [0.15, 0.2) is 5.12 Å². The Bertz CT molecular complexity index is 876. The molecule has 1 saturated heterocycles. The van der Waals surface area contributed by atoms with Crippen LogP contribution in [0.25, 0.3) is 10.8 Å². The molecule has 0 aliphatic carbocycles. The number of thioether (sulfide) groups is 1. The maximum absolute atomic E-state index is 12.9. The minimum atomic E-state index is -0.975. The second-order valence-corrected chi connectivity index (χ2v) is 8.25. The van der Waals surface area contributed by atoms with Gasteiger partial charge in [-0.15, -0.1) is 0 Å². The molecule has 1 aliphatic heterocycles. The number of hydrogen-bond acceptors (Lipinski definition) is 4. The molecule has 0 aromatic heterocycles. The fraction of sp³-hybridized carbons (Fsp3) is 0.381. The van der Waals surface area contributed by atoms with E-state index in [0.717, 1.165) is 28.1 Å². The summed E-state index contributed by atoms with van der Waals surface area (Å²) in [5.74, 6) is -1.21. The lowest BCUT2D eigenvalue weighted by Gasteiger charge is -2.24. The predicted octanol–water partition coefficient (Wildman–Crippen LogP) is 3.52. The summed E-state index contributed by atoms with van der Waals surface area (Å²) in [4.78, 5) is 37.3. The number of carbonyl (C=O) groups is 3. The summed E-state index contributed by atoms with van der Waals surface area (Å²) in [5.41, 5.74) is 1.08. The van der Waals surface area contributed by atoms with E-state index in [2.05, 4.69) is 0 Å². The van der Waals surface area contributed by atoms with Gasteiger partial charge < -0.3 is 10.0 Å². The van der Waals surface area contributed by atoms with Crippen LogP contribution in [0.1, 0.15) is 31.7 Å². The Balaban J connectivity index is 1.85. The highest BCUT2D eigenvalue weighted by atomic mass is 32.2. The number of nitrogens with zero attached hydrogens (tertiary/aromatic N) is 1. The van der Waals surface area contributed by atoms with Crippen molar-refractivity contribution in [2.75, 3.05) is 12.3 Å². The van der Waals surface area contributed by atoms with Crippen molar-refractivity contribution < 1.29 is 19.5 Å². The van der Waals surface area contributed by atoms with Crippen molar-refractivity contribution >= 4 is 39.5 Å². The first-order chi connectivity index (χ1) is 12.9. The lowest BCUT2D eigenvalue weighted by atomic mass is 9.91. The first-order valence-corrected chi connectivity index (χ1v) is 10.0. The fourth-order valence-electron chi connectivity index (χ4n) is 3.74. The van der Waals surface area contributed by atoms with Crippen molar-refractivity contribution in [2.45, 2.75) is 32.2 Å². The largest absolute Gasteiger partial charge is 0.480 e. The van der Waals surface area contributed by atoms with Crippen molar-refractivity contribution in [3.63, 3.8) is 0 Å². The number of aliphatic carboxylic acids is 1. The van der Waals surface area contributed by atoms with Gasteiger partial charge in [0.2, 0.25) is 5.91 Å². The molecule has 142 valence electrons. The number of hydrogen-bond donors (Lipinski definition) is 1. The Kier molecular flexibility index (Phi) is 5.85. The zero-order valence-corrected chi connectivity index (χ0v) is 16.2. The van der Waals surface area contributed by atoms with Crippen LogP contribution < -0.4 is 0 Å². The molecule has 1 N–H and O–H groups in total. The normalized spacial score (nSPS) is 20.6. The Hall–Kier alpha value is -2.34. The SMILES string of the molecule is CC(=O)SCC(C)C(=O)N1CC(c2cccc3ccccc23)C[C@H]1C(=O)O. The highest BCUT2D eigenvalue weighted by Crippen LogP contribution is 2.36. The van der Waals surface area contributed by atoms with Crippen LogP contribution in [0.5, 0.6) is 0 Å². The van der Waals surface area contributed by atoms with Crippen molar-refractivity contribution in [3.05, 3.63) is 48.0 Å². The molecule has 0 bridgehead atoms. The van der Waals surface area contributed by atoms with E-state index in [1.165, 1.54) is 11.8 Å². The molecule has 3 rings (SSSR count). The first-order valence-electron chi connectivity index (χ1n) is 9.02. The van der Waals surface area contributed by atoms with Gasteiger partial charge in [-0.25, -0.2) is 4.79 Å². The number of amides is 1. The van der Waals surface area contributed by atoms with Crippen LogP contribution in [-0.4, -0.2) is 45.3 Å². The predicted molar refractivity (Wildman–Crippen MR) is 107 cm³/mol. The average Bonchev–Trinajstić information content (AvgIpc) is 3.10. The van der Waals surface area contributed by atoms with E-state index in [4.69, 9.17) is 0 Å². The van der Waals surface area contributed by atoms with E-state index in [-0.39, 0.29) is 16.9 Å². The molecule has 0 spiro atoms. The lowest BCUT2D eigenvalue weighted by Crippen LogP contribution is -2.43. The number of rotatable bonds is 5. The standard InChI is InChI=1S/C21H23NO4S/c1-13(12-27-14(2)23)20(24)22-11-16(10-19(22)21(25)26)18-9-5-7-15-6-3-4-8-17(15)18/h3-9,13,16,19H,10-12H2,1-2H3,(H,25,26)/t13?,16?,19-/m0/s1. The number of carboxylic acids is 1. The van der Waals surface area contributed by atoms with Crippen LogP contribution in [0.4, 0.5) is 0 Å². The van der Waals surface area contributed by atoms with Gasteiger partial charge in [-0.2, -0.15) is 0 Å². The molecule has 1 amide bonds. The third-order valence-corrected chi connectivity index (χ3v) is 6.16. The Morgan fingerprint density at radius 2 is 1.89 bits per heavy atom. The number of benzene rings is 2. The maximum atomic E-state index is 12.9. The van der Waals surface area contributed by atoms with E-state index < -0.39 is 17.9 Å². The fourth-order valence-corrected chi connectivity index (χ4v) is 4.37. The Labute approximate surface area is 162 Å². The first kappa shape index (κ1) is 19.4. The van der Waals surface area contributed by atoms with Gasteiger partial charge in [0, 0.05) is 31.1 Å². The average molecular weight is 385 g/mol. The number of carbonyl (C=O) groups excluding carboxylic acids is 2. The van der Waals surface area contributed by atoms with Crippen molar-refractivity contribution in [3.8, 4) is 0 Å². The molecular formula is C21H23NO4S. The summed E-state index contributed by atoms with van der Waals surface area (Å²) in [5, 5.41) is 11.8. The zero-order valence-electron chi connectivity index (χ0n) is 15.4. The third kappa shape index (κ3) is 4.16. The monoisotopic (exact) mass is 385 g/mol. The Morgan fingerprint density at radius 3 is 2.59 bits per heavy atom. The van der Waals surface area contributed by atoms with Crippen molar-refractivity contribution in [2.24, 2.45) is 5.92 Å². The minimum absolute atomic E-state index is 0.0196. The molecule has 2 unspecified atom stereocenters. The van der Waals surface area contributed by atoms with E-state index in [1.54, 1.807) is 6.92 Å². The zero-order chi connectivity index (χ0) is 19.6. The van der Waals surface area contributed by atoms with Gasteiger partial charge in [0.25, 0.3) is 0 Å². The molecule has 5 nitrogen and oxygen atoms in total. The van der Waals surface area contributed by atoms with Gasteiger partial charge in [-0.05, 0) is 22.8 Å².